The van der Waals surface area contributed by atoms with Crippen LogP contribution in [0.15, 0.2) is 0 Å². The van der Waals surface area contributed by atoms with Gasteiger partial charge in [-0.1, -0.05) is 13.8 Å². The van der Waals surface area contributed by atoms with Gasteiger partial charge in [-0.2, -0.15) is 0 Å². The Balaban J connectivity index is 2.55. The fourth-order valence-electron chi connectivity index (χ4n) is 1.86. The molecule has 14 heavy (non-hydrogen) atoms. The van der Waals surface area contributed by atoms with Gasteiger partial charge >= 0.3 is 0 Å². The van der Waals surface area contributed by atoms with Crippen LogP contribution in [0.1, 0.15) is 13.8 Å². The van der Waals surface area contributed by atoms with Crippen LogP contribution in [-0.2, 0) is 4.79 Å². The van der Waals surface area contributed by atoms with E-state index in [0.29, 0.717) is 5.92 Å². The lowest BCUT2D eigenvalue weighted by Crippen LogP contribution is -2.59. The smallest absolute Gasteiger partial charge is 0.238 e. The van der Waals surface area contributed by atoms with E-state index in [1.54, 1.807) is 0 Å². The van der Waals surface area contributed by atoms with Gasteiger partial charge in [-0.15, -0.1) is 0 Å². The minimum atomic E-state index is 0.0103. The first kappa shape index (κ1) is 11.5. The van der Waals surface area contributed by atoms with E-state index < -0.39 is 0 Å². The number of carbonyl (C=O) groups is 1. The molecule has 0 saturated carbocycles. The zero-order chi connectivity index (χ0) is 10.6. The third-order valence-electron chi connectivity index (χ3n) is 2.44. The molecule has 1 unspecified atom stereocenters. The Hall–Kier alpha value is -0.610. The molecule has 0 aromatic heterocycles. The topological polar surface area (TPSA) is 44.4 Å². The van der Waals surface area contributed by atoms with Gasteiger partial charge < -0.3 is 10.6 Å². The van der Waals surface area contributed by atoms with Crippen LogP contribution in [0.2, 0.25) is 0 Å². The highest BCUT2D eigenvalue weighted by molar-refractivity contribution is 5.82. The average Bonchev–Trinajstić information content (AvgIpc) is 2.10. The van der Waals surface area contributed by atoms with Crippen molar-refractivity contribution in [2.45, 2.75) is 19.9 Å². The highest BCUT2D eigenvalue weighted by Crippen LogP contribution is 2.07. The molecular weight excluding hydrogens is 178 g/mol. The van der Waals surface area contributed by atoms with Crippen molar-refractivity contribution in [2.24, 2.45) is 5.92 Å². The summed E-state index contributed by atoms with van der Waals surface area (Å²) in [6, 6.07) is 0.0103. The van der Waals surface area contributed by atoms with Crippen molar-refractivity contribution in [3.8, 4) is 0 Å². The van der Waals surface area contributed by atoms with E-state index in [9.17, 15) is 4.79 Å². The second kappa shape index (κ2) is 5.32. The average molecular weight is 199 g/mol. The Morgan fingerprint density at radius 1 is 1.64 bits per heavy atom. The molecule has 4 nitrogen and oxygen atoms in total. The minimum Gasteiger partial charge on any atom is -0.353 e. The summed E-state index contributed by atoms with van der Waals surface area (Å²) in [4.78, 5) is 13.8. The molecule has 0 radical (unpaired) electrons. The third kappa shape index (κ3) is 2.96. The maximum Gasteiger partial charge on any atom is 0.238 e. The van der Waals surface area contributed by atoms with Gasteiger partial charge in [0, 0.05) is 26.2 Å². The number of piperazine rings is 1. The summed E-state index contributed by atoms with van der Waals surface area (Å²) in [7, 11) is 1.88. The molecule has 0 spiro atoms. The molecule has 1 saturated heterocycles. The van der Waals surface area contributed by atoms with E-state index in [1.807, 2.05) is 7.05 Å². The third-order valence-corrected chi connectivity index (χ3v) is 2.44. The highest BCUT2D eigenvalue weighted by Gasteiger charge is 2.28. The molecule has 0 bridgehead atoms. The van der Waals surface area contributed by atoms with Gasteiger partial charge in [-0.3, -0.25) is 9.69 Å². The van der Waals surface area contributed by atoms with Crippen molar-refractivity contribution in [2.75, 3.05) is 33.2 Å². The predicted octanol–water partition coefficient (Wildman–Crippen LogP) is -0.338. The van der Waals surface area contributed by atoms with E-state index in [0.717, 1.165) is 26.2 Å². The molecule has 0 aromatic carbocycles. The molecule has 1 fully saturated rings. The zero-order valence-corrected chi connectivity index (χ0v) is 9.34. The van der Waals surface area contributed by atoms with Crippen molar-refractivity contribution in [3.63, 3.8) is 0 Å². The second-order valence-electron chi connectivity index (χ2n) is 4.25. The van der Waals surface area contributed by atoms with Gasteiger partial charge in [0.15, 0.2) is 0 Å². The normalized spacial score (nSPS) is 24.0. The van der Waals surface area contributed by atoms with Gasteiger partial charge in [0.2, 0.25) is 5.91 Å². The van der Waals surface area contributed by atoms with Crippen LogP contribution in [0.25, 0.3) is 0 Å². The molecule has 82 valence electrons. The summed E-state index contributed by atoms with van der Waals surface area (Å²) >= 11 is 0. The Bertz CT molecular complexity index is 194. The molecule has 1 heterocycles. The van der Waals surface area contributed by atoms with Crippen molar-refractivity contribution in [1.29, 1.82) is 0 Å². The molecule has 1 aliphatic heterocycles. The van der Waals surface area contributed by atoms with Gasteiger partial charge in [-0.25, -0.2) is 0 Å². The number of hydrogen-bond donors (Lipinski definition) is 2. The van der Waals surface area contributed by atoms with Gasteiger partial charge in [-0.05, 0) is 13.0 Å². The SMILES string of the molecule is CNCC1C(=O)NCCN1CC(C)C. The van der Waals surface area contributed by atoms with Gasteiger partial charge in [0.25, 0.3) is 0 Å². The summed E-state index contributed by atoms with van der Waals surface area (Å²) in [6.45, 7) is 7.85. The monoisotopic (exact) mass is 199 g/mol. The molecule has 1 rings (SSSR count). The molecular formula is C10H21N3O. The number of carbonyl (C=O) groups excluding carboxylic acids is 1. The van der Waals surface area contributed by atoms with E-state index in [2.05, 4.69) is 29.4 Å². The van der Waals surface area contributed by atoms with E-state index in [4.69, 9.17) is 0 Å². The molecule has 2 N–H and O–H groups in total. The number of hydrogen-bond acceptors (Lipinski definition) is 3. The molecule has 0 aromatic rings. The number of rotatable bonds is 4. The Labute approximate surface area is 86.0 Å². The van der Waals surface area contributed by atoms with Crippen LogP contribution < -0.4 is 10.6 Å². The first-order chi connectivity index (χ1) is 6.65. The summed E-state index contributed by atoms with van der Waals surface area (Å²) < 4.78 is 0. The van der Waals surface area contributed by atoms with Crippen molar-refractivity contribution in [3.05, 3.63) is 0 Å². The number of nitrogens with zero attached hydrogens (tertiary/aromatic N) is 1. The van der Waals surface area contributed by atoms with Crippen molar-refractivity contribution in [1.82, 2.24) is 15.5 Å². The van der Waals surface area contributed by atoms with Crippen LogP contribution in [0.3, 0.4) is 0 Å². The molecule has 1 atom stereocenters. The van der Waals surface area contributed by atoms with Gasteiger partial charge in [0.1, 0.15) is 6.04 Å². The number of likely N-dealkylation sites (N-methyl/N-ethyl adjacent to an activating group) is 1. The van der Waals surface area contributed by atoms with Crippen LogP contribution in [-0.4, -0.2) is 50.1 Å². The fraction of sp³-hybridized carbons (Fsp3) is 0.900. The van der Waals surface area contributed by atoms with E-state index in [1.165, 1.54) is 0 Å². The first-order valence-corrected chi connectivity index (χ1v) is 5.31. The second-order valence-corrected chi connectivity index (χ2v) is 4.25. The lowest BCUT2D eigenvalue weighted by molar-refractivity contribution is -0.129. The Morgan fingerprint density at radius 3 is 2.93 bits per heavy atom. The van der Waals surface area contributed by atoms with Crippen molar-refractivity contribution >= 4 is 5.91 Å². The highest BCUT2D eigenvalue weighted by atomic mass is 16.2. The standard InChI is InChI=1S/C10H21N3O/c1-8(2)7-13-5-4-12-10(14)9(13)6-11-3/h8-9,11H,4-7H2,1-3H3,(H,12,14). The van der Waals surface area contributed by atoms with Crippen molar-refractivity contribution < 1.29 is 4.79 Å². The van der Waals surface area contributed by atoms with E-state index >= 15 is 0 Å². The lowest BCUT2D eigenvalue weighted by atomic mass is 10.1. The summed E-state index contributed by atoms with van der Waals surface area (Å²) in [6.07, 6.45) is 0. The quantitative estimate of drug-likeness (QED) is 0.651. The molecule has 0 aliphatic carbocycles. The molecule has 1 aliphatic rings. The summed E-state index contributed by atoms with van der Waals surface area (Å²) in [5.41, 5.74) is 0. The lowest BCUT2D eigenvalue weighted by Gasteiger charge is -2.35. The summed E-state index contributed by atoms with van der Waals surface area (Å²) in [5.74, 6) is 0.770. The van der Waals surface area contributed by atoms with Crippen LogP contribution in [0, 0.1) is 5.92 Å². The first-order valence-electron chi connectivity index (χ1n) is 5.31. The van der Waals surface area contributed by atoms with Crippen LogP contribution in [0.4, 0.5) is 0 Å². The van der Waals surface area contributed by atoms with Gasteiger partial charge in [0.05, 0.1) is 0 Å². The van der Waals surface area contributed by atoms with Crippen LogP contribution in [0.5, 0.6) is 0 Å². The largest absolute Gasteiger partial charge is 0.353 e. The maximum absolute atomic E-state index is 11.6. The van der Waals surface area contributed by atoms with E-state index in [-0.39, 0.29) is 11.9 Å². The maximum atomic E-state index is 11.6. The Kier molecular flexibility index (Phi) is 4.35. The van der Waals surface area contributed by atoms with Crippen LogP contribution >= 0.6 is 0 Å². The molecule has 1 amide bonds. The zero-order valence-electron chi connectivity index (χ0n) is 9.34. The predicted molar refractivity (Wildman–Crippen MR) is 57.1 cm³/mol. The minimum absolute atomic E-state index is 0.0103. The summed E-state index contributed by atoms with van der Waals surface area (Å²) in [5, 5.41) is 5.97. The molecule has 4 heteroatoms. The number of nitrogens with one attached hydrogen (secondary N) is 2. The number of amides is 1. The Morgan fingerprint density at radius 2 is 2.36 bits per heavy atom. The fourth-order valence-corrected chi connectivity index (χ4v) is 1.86.